The topological polar surface area (TPSA) is 35.8 Å². The monoisotopic (exact) mass is 552 g/mol. The summed E-state index contributed by atoms with van der Waals surface area (Å²) in [6.07, 6.45) is 0. The van der Waals surface area contributed by atoms with Gasteiger partial charge in [-0.05, 0) is 17.7 Å². The van der Waals surface area contributed by atoms with Crippen LogP contribution in [0.3, 0.4) is 0 Å². The lowest BCUT2D eigenvalue weighted by atomic mass is 9.35. The molecular formula is C26H11BF10N2. The molecule has 0 bridgehead atoms. The van der Waals surface area contributed by atoms with Crippen LogP contribution in [0.25, 0.3) is 0 Å². The maximum atomic E-state index is 15.0. The van der Waals surface area contributed by atoms with Gasteiger partial charge in [0.2, 0.25) is 0 Å². The number of nitrogens with one attached hydrogen (secondary N) is 1. The molecule has 13 heteroatoms. The zero-order chi connectivity index (χ0) is 28.6. The maximum absolute atomic E-state index is 15.0. The second-order valence-corrected chi connectivity index (χ2v) is 8.10. The van der Waals surface area contributed by atoms with Gasteiger partial charge in [-0.15, -0.1) is 0 Å². The van der Waals surface area contributed by atoms with Crippen LogP contribution in [0.15, 0.2) is 54.6 Å². The van der Waals surface area contributed by atoms with Crippen LogP contribution >= 0.6 is 0 Å². The summed E-state index contributed by atoms with van der Waals surface area (Å²) in [4.78, 5) is 0. The quantitative estimate of drug-likeness (QED) is 0.153. The van der Waals surface area contributed by atoms with Gasteiger partial charge in [-0.1, -0.05) is 47.9 Å². The van der Waals surface area contributed by atoms with Gasteiger partial charge in [-0.3, -0.25) is 0 Å². The fourth-order valence-electron chi connectivity index (χ4n) is 4.12. The van der Waals surface area contributed by atoms with E-state index in [1.165, 1.54) is 18.2 Å². The van der Waals surface area contributed by atoms with Crippen LogP contribution < -0.4 is 21.7 Å². The van der Waals surface area contributed by atoms with Crippen LogP contribution in [-0.2, 0) is 0 Å². The molecule has 1 N–H and O–H groups in total. The summed E-state index contributed by atoms with van der Waals surface area (Å²) in [6, 6.07) is 12.4. The van der Waals surface area contributed by atoms with E-state index in [4.69, 9.17) is 0 Å². The highest BCUT2D eigenvalue weighted by Crippen LogP contribution is 2.23. The van der Waals surface area contributed by atoms with Crippen LogP contribution in [0.2, 0.25) is 0 Å². The van der Waals surface area contributed by atoms with E-state index < -0.39 is 87.3 Å². The number of benzene rings is 4. The Kier molecular flexibility index (Phi) is 7.58. The van der Waals surface area contributed by atoms with Crippen molar-refractivity contribution < 1.29 is 43.9 Å². The molecule has 0 fully saturated rings. The number of nitriles is 1. The third kappa shape index (κ3) is 4.67. The van der Waals surface area contributed by atoms with E-state index in [9.17, 15) is 31.6 Å². The Bertz CT molecular complexity index is 1490. The van der Waals surface area contributed by atoms with Gasteiger partial charge in [0.25, 0.3) is 6.71 Å². The van der Waals surface area contributed by atoms with Crippen molar-refractivity contribution in [3.63, 3.8) is 0 Å². The molecular weight excluding hydrogens is 541 g/mol. The summed E-state index contributed by atoms with van der Waals surface area (Å²) >= 11 is 0. The minimum atomic E-state index is -2.79. The third-order valence-electron chi connectivity index (χ3n) is 5.90. The third-order valence-corrected chi connectivity index (χ3v) is 5.90. The molecule has 0 aliphatic heterocycles. The van der Waals surface area contributed by atoms with Crippen molar-refractivity contribution in [2.75, 3.05) is 5.32 Å². The van der Waals surface area contributed by atoms with Gasteiger partial charge in [-0.2, -0.15) is 5.26 Å². The predicted octanol–water partition coefficient (Wildman–Crippen LogP) is 5.27. The molecule has 0 heterocycles. The van der Waals surface area contributed by atoms with Gasteiger partial charge >= 0.3 is 0 Å². The molecule has 39 heavy (non-hydrogen) atoms. The van der Waals surface area contributed by atoms with Crippen molar-refractivity contribution >= 4 is 28.8 Å². The van der Waals surface area contributed by atoms with Crippen molar-refractivity contribution in [2.24, 2.45) is 0 Å². The summed E-state index contributed by atoms with van der Waals surface area (Å²) in [5.74, 6) is -25.6. The Labute approximate surface area is 214 Å². The molecule has 0 aliphatic rings. The van der Waals surface area contributed by atoms with Gasteiger partial charge < -0.3 is 5.32 Å². The van der Waals surface area contributed by atoms with Crippen LogP contribution in [0.4, 0.5) is 49.6 Å². The smallest absolute Gasteiger partial charge is 0.257 e. The van der Waals surface area contributed by atoms with Crippen LogP contribution in [0, 0.1) is 69.5 Å². The van der Waals surface area contributed by atoms with Crippen LogP contribution in [0.1, 0.15) is 11.6 Å². The fourth-order valence-corrected chi connectivity index (χ4v) is 4.12. The van der Waals surface area contributed by atoms with Crippen LogP contribution in [-0.4, -0.2) is 6.71 Å². The molecule has 4 aromatic rings. The van der Waals surface area contributed by atoms with E-state index in [2.05, 4.69) is 5.32 Å². The highest BCUT2D eigenvalue weighted by molar-refractivity contribution is 6.96. The second kappa shape index (κ2) is 10.7. The molecule has 4 aromatic carbocycles. The Morgan fingerprint density at radius 1 is 0.538 bits per heavy atom. The first-order valence-electron chi connectivity index (χ1n) is 10.8. The summed E-state index contributed by atoms with van der Waals surface area (Å²) in [6.45, 7) is -2.79. The first-order chi connectivity index (χ1) is 18.5. The molecule has 198 valence electrons. The predicted molar refractivity (Wildman–Crippen MR) is 122 cm³/mol. The van der Waals surface area contributed by atoms with E-state index in [-0.39, 0.29) is 5.56 Å². The maximum Gasteiger partial charge on any atom is 0.257 e. The van der Waals surface area contributed by atoms with Gasteiger partial charge in [-0.25, -0.2) is 43.9 Å². The number of para-hydroxylation sites is 1. The zero-order valence-electron chi connectivity index (χ0n) is 19.1. The van der Waals surface area contributed by atoms with E-state index in [1.807, 2.05) is 0 Å². The second-order valence-electron chi connectivity index (χ2n) is 8.10. The summed E-state index contributed by atoms with van der Waals surface area (Å²) < 4.78 is 145. The minimum absolute atomic E-state index is 0.308. The number of anilines is 1. The normalized spacial score (nSPS) is 11.7. The Morgan fingerprint density at radius 3 is 1.36 bits per heavy atom. The lowest BCUT2D eigenvalue weighted by molar-refractivity contribution is 0.382. The SMILES string of the molecule is N#CC(Nc1ccccc1)c1ccccc1B(c1c(F)c(F)c(F)c(F)c1F)c1c(F)c(F)c(F)c(F)c1F. The number of hydrogen-bond acceptors (Lipinski definition) is 2. The average molecular weight is 552 g/mol. The average Bonchev–Trinajstić information content (AvgIpc) is 2.95. The van der Waals surface area contributed by atoms with Crippen molar-refractivity contribution in [1.82, 2.24) is 0 Å². The number of halogens is 10. The fraction of sp³-hybridized carbons (Fsp3) is 0.0385. The molecule has 0 aliphatic carbocycles. The van der Waals surface area contributed by atoms with Crippen molar-refractivity contribution in [2.45, 2.75) is 6.04 Å². The standard InChI is InChI=1S/C26H11BF10N2/c28-17-15(18(29)22(33)25(36)21(17)32)27(16-19(30)23(34)26(37)24(35)20(16)31)13-9-5-4-8-12(13)14(10-38)39-11-6-2-1-3-7-11/h1-9,14,39H. The Balaban J connectivity index is 2.11. The van der Waals surface area contributed by atoms with E-state index in [0.29, 0.717) is 5.69 Å². The van der Waals surface area contributed by atoms with Gasteiger partial charge in [0.15, 0.2) is 58.2 Å². The number of hydrogen-bond donors (Lipinski definition) is 1. The number of rotatable bonds is 6. The first kappa shape index (κ1) is 27.6. The largest absolute Gasteiger partial charge is 0.366 e. The highest BCUT2D eigenvalue weighted by Gasteiger charge is 2.42. The minimum Gasteiger partial charge on any atom is -0.366 e. The molecule has 0 aromatic heterocycles. The number of nitrogens with zero attached hydrogens (tertiary/aromatic N) is 1. The molecule has 2 nitrogen and oxygen atoms in total. The van der Waals surface area contributed by atoms with Crippen LogP contribution in [0.5, 0.6) is 0 Å². The lowest BCUT2D eigenvalue weighted by Gasteiger charge is -2.24. The van der Waals surface area contributed by atoms with Gasteiger partial charge in [0.1, 0.15) is 6.04 Å². The van der Waals surface area contributed by atoms with E-state index in [0.717, 1.165) is 18.2 Å². The molecule has 0 spiro atoms. The Hall–Kier alpha value is -4.47. The molecule has 4 rings (SSSR count). The summed E-state index contributed by atoms with van der Waals surface area (Å²) in [5.41, 5.74) is -4.47. The Morgan fingerprint density at radius 2 is 0.923 bits per heavy atom. The van der Waals surface area contributed by atoms with E-state index in [1.54, 1.807) is 24.3 Å². The molecule has 0 saturated carbocycles. The van der Waals surface area contributed by atoms with Crippen molar-refractivity contribution in [3.8, 4) is 6.07 Å². The molecule has 0 amide bonds. The molecule has 1 atom stereocenters. The molecule has 0 radical (unpaired) electrons. The highest BCUT2D eigenvalue weighted by atomic mass is 19.2. The van der Waals surface area contributed by atoms with Crippen molar-refractivity contribution in [3.05, 3.63) is 118 Å². The van der Waals surface area contributed by atoms with E-state index >= 15 is 17.6 Å². The summed E-state index contributed by atoms with van der Waals surface area (Å²) in [5, 5.41) is 12.5. The summed E-state index contributed by atoms with van der Waals surface area (Å²) in [7, 11) is 0. The molecule has 1 unspecified atom stereocenters. The van der Waals surface area contributed by atoms with Crippen molar-refractivity contribution in [1.29, 1.82) is 5.26 Å². The molecule has 0 saturated heterocycles. The van der Waals surface area contributed by atoms with Gasteiger partial charge in [0, 0.05) is 16.6 Å². The van der Waals surface area contributed by atoms with Gasteiger partial charge in [0.05, 0.1) is 6.07 Å². The zero-order valence-corrected chi connectivity index (χ0v) is 19.1. The first-order valence-corrected chi connectivity index (χ1v) is 10.8. The lowest BCUT2D eigenvalue weighted by Crippen LogP contribution is -2.59.